The number of carbonyl (C=O) groups excluding carboxylic acids is 2. The second kappa shape index (κ2) is 6.83. The van der Waals surface area contributed by atoms with Gasteiger partial charge >= 0.3 is 0 Å². The highest BCUT2D eigenvalue weighted by Gasteiger charge is 2.30. The maximum atomic E-state index is 12.5. The van der Waals surface area contributed by atoms with E-state index in [1.165, 1.54) is 5.56 Å². The first-order valence-corrected chi connectivity index (χ1v) is 8.12. The fraction of sp³-hybridized carbons (Fsp3) is 0.316. The van der Waals surface area contributed by atoms with E-state index in [1.54, 1.807) is 18.0 Å². The topological polar surface area (TPSA) is 62.3 Å². The van der Waals surface area contributed by atoms with Gasteiger partial charge < -0.3 is 10.2 Å². The summed E-state index contributed by atoms with van der Waals surface area (Å²) in [4.78, 5) is 30.4. The van der Waals surface area contributed by atoms with Gasteiger partial charge in [-0.15, -0.1) is 0 Å². The molecule has 2 aromatic rings. The van der Waals surface area contributed by atoms with Crippen LogP contribution in [-0.4, -0.2) is 28.2 Å². The van der Waals surface area contributed by atoms with E-state index >= 15 is 0 Å². The maximum absolute atomic E-state index is 12.5. The Labute approximate surface area is 141 Å². The third-order valence-electron chi connectivity index (χ3n) is 4.38. The minimum atomic E-state index is -0.225. The van der Waals surface area contributed by atoms with Gasteiger partial charge in [-0.3, -0.25) is 9.59 Å². The second-order valence-electron chi connectivity index (χ2n) is 6.15. The molecule has 1 aromatic heterocycles. The first-order valence-electron chi connectivity index (χ1n) is 8.12. The van der Waals surface area contributed by atoms with E-state index in [4.69, 9.17) is 0 Å². The minimum Gasteiger partial charge on any atom is -0.335 e. The van der Waals surface area contributed by atoms with E-state index in [9.17, 15) is 9.59 Å². The van der Waals surface area contributed by atoms with Crippen molar-refractivity contribution in [3.63, 3.8) is 0 Å². The van der Waals surface area contributed by atoms with Gasteiger partial charge in [0, 0.05) is 19.7 Å². The van der Waals surface area contributed by atoms with Gasteiger partial charge in [-0.2, -0.15) is 0 Å². The summed E-state index contributed by atoms with van der Waals surface area (Å²) >= 11 is 0. The largest absolute Gasteiger partial charge is 0.335 e. The normalized spacial score (nSPS) is 16.4. The average molecular weight is 323 g/mol. The molecule has 1 aromatic carbocycles. The number of nitrogens with one attached hydrogen (secondary N) is 1. The van der Waals surface area contributed by atoms with E-state index in [2.05, 4.69) is 16.4 Å². The molecule has 5 nitrogen and oxygen atoms in total. The van der Waals surface area contributed by atoms with Crippen molar-refractivity contribution in [3.05, 3.63) is 59.3 Å². The van der Waals surface area contributed by atoms with Crippen LogP contribution in [0.2, 0.25) is 0 Å². The Balaban J connectivity index is 1.80. The van der Waals surface area contributed by atoms with Gasteiger partial charge in [-0.1, -0.05) is 24.3 Å². The molecule has 1 aliphatic heterocycles. The number of nitrogens with zero attached hydrogens (tertiary/aromatic N) is 2. The van der Waals surface area contributed by atoms with Crippen molar-refractivity contribution < 1.29 is 9.59 Å². The summed E-state index contributed by atoms with van der Waals surface area (Å²) in [6.45, 7) is 4.15. The molecule has 0 bridgehead atoms. The lowest BCUT2D eigenvalue weighted by Gasteiger charge is -2.36. The zero-order valence-corrected chi connectivity index (χ0v) is 14.0. The number of carbonyl (C=O) groups is 2. The van der Waals surface area contributed by atoms with Gasteiger partial charge in [0.1, 0.15) is 5.82 Å². The lowest BCUT2D eigenvalue weighted by molar-refractivity contribution is -0.132. The summed E-state index contributed by atoms with van der Waals surface area (Å²) in [5.74, 6) is 0.399. The Morgan fingerprint density at radius 2 is 2.08 bits per heavy atom. The predicted molar refractivity (Wildman–Crippen MR) is 92.5 cm³/mol. The molecule has 1 aliphatic rings. The molecule has 0 radical (unpaired) electrons. The SMILES string of the molecule is CC(=O)N1CCc2ccccc2C1CC(=O)Nc1cc(C)ccn1. The van der Waals surface area contributed by atoms with Crippen LogP contribution in [0.25, 0.3) is 0 Å². The van der Waals surface area contributed by atoms with Crippen LogP contribution < -0.4 is 5.32 Å². The minimum absolute atomic E-state index is 0.00372. The van der Waals surface area contributed by atoms with Gasteiger partial charge in [0.15, 0.2) is 0 Å². The van der Waals surface area contributed by atoms with Crippen molar-refractivity contribution in [2.24, 2.45) is 0 Å². The summed E-state index contributed by atoms with van der Waals surface area (Å²) in [6.07, 6.45) is 2.72. The van der Waals surface area contributed by atoms with Gasteiger partial charge in [0.05, 0.1) is 12.5 Å². The summed E-state index contributed by atoms with van der Waals surface area (Å²) in [5, 5.41) is 2.83. The quantitative estimate of drug-likeness (QED) is 0.945. The Hall–Kier alpha value is -2.69. The van der Waals surface area contributed by atoms with Gasteiger partial charge in [-0.25, -0.2) is 4.98 Å². The van der Waals surface area contributed by atoms with Crippen LogP contribution in [0.3, 0.4) is 0 Å². The van der Waals surface area contributed by atoms with Crippen LogP contribution in [-0.2, 0) is 16.0 Å². The van der Waals surface area contributed by atoms with Crippen molar-refractivity contribution in [2.75, 3.05) is 11.9 Å². The summed E-state index contributed by atoms with van der Waals surface area (Å²) < 4.78 is 0. The molecule has 0 saturated heterocycles. The van der Waals surface area contributed by atoms with Gasteiger partial charge in [0.25, 0.3) is 0 Å². The number of rotatable bonds is 3. The number of benzene rings is 1. The van der Waals surface area contributed by atoms with E-state index in [-0.39, 0.29) is 24.3 Å². The number of anilines is 1. The van der Waals surface area contributed by atoms with Crippen LogP contribution in [0, 0.1) is 6.92 Å². The number of aromatic nitrogens is 1. The Morgan fingerprint density at radius 1 is 1.29 bits per heavy atom. The lowest BCUT2D eigenvalue weighted by atomic mass is 9.90. The molecule has 2 amide bonds. The third-order valence-corrected chi connectivity index (χ3v) is 4.38. The van der Waals surface area contributed by atoms with Gasteiger partial charge in [0.2, 0.25) is 11.8 Å². The standard InChI is InChI=1S/C19H21N3O2/c1-13-7-9-20-18(11-13)21-19(24)12-17-16-6-4-3-5-15(16)8-10-22(17)14(2)23/h3-7,9,11,17H,8,10,12H2,1-2H3,(H,20,21,24). The van der Waals surface area contributed by atoms with Crippen molar-refractivity contribution in [1.29, 1.82) is 0 Å². The lowest BCUT2D eigenvalue weighted by Crippen LogP contribution is -2.40. The summed E-state index contributed by atoms with van der Waals surface area (Å²) in [6, 6.07) is 11.5. The van der Waals surface area contributed by atoms with Crippen LogP contribution in [0.4, 0.5) is 5.82 Å². The third kappa shape index (κ3) is 3.45. The molecule has 124 valence electrons. The van der Waals surface area contributed by atoms with E-state index in [0.29, 0.717) is 12.4 Å². The highest BCUT2D eigenvalue weighted by atomic mass is 16.2. The molecule has 1 unspecified atom stereocenters. The van der Waals surface area contributed by atoms with E-state index in [1.807, 2.05) is 37.3 Å². The number of fused-ring (bicyclic) bond motifs is 1. The number of aryl methyl sites for hydroxylation is 1. The van der Waals surface area contributed by atoms with Crippen LogP contribution >= 0.6 is 0 Å². The molecule has 0 aliphatic carbocycles. The highest BCUT2D eigenvalue weighted by molar-refractivity contribution is 5.90. The number of hydrogen-bond donors (Lipinski definition) is 1. The van der Waals surface area contributed by atoms with Crippen molar-refractivity contribution in [3.8, 4) is 0 Å². The molecule has 1 atom stereocenters. The predicted octanol–water partition coefficient (Wildman–Crippen LogP) is 2.86. The first-order chi connectivity index (χ1) is 11.5. The number of hydrogen-bond acceptors (Lipinski definition) is 3. The number of pyridine rings is 1. The fourth-order valence-electron chi connectivity index (χ4n) is 3.22. The molecule has 0 saturated carbocycles. The molecule has 0 spiro atoms. The van der Waals surface area contributed by atoms with E-state index in [0.717, 1.165) is 17.5 Å². The summed E-state index contributed by atoms with van der Waals surface area (Å²) in [7, 11) is 0. The molecule has 0 fully saturated rings. The van der Waals surface area contributed by atoms with Crippen LogP contribution in [0.1, 0.15) is 36.1 Å². The Kier molecular flexibility index (Phi) is 4.60. The second-order valence-corrected chi connectivity index (χ2v) is 6.15. The summed E-state index contributed by atoms with van der Waals surface area (Å²) in [5.41, 5.74) is 3.31. The average Bonchev–Trinajstić information content (AvgIpc) is 2.54. The molecule has 3 rings (SSSR count). The monoisotopic (exact) mass is 323 g/mol. The van der Waals surface area contributed by atoms with Crippen molar-refractivity contribution in [1.82, 2.24) is 9.88 Å². The zero-order valence-electron chi connectivity index (χ0n) is 14.0. The van der Waals surface area contributed by atoms with Crippen molar-refractivity contribution >= 4 is 17.6 Å². The fourth-order valence-corrected chi connectivity index (χ4v) is 3.22. The Bertz CT molecular complexity index is 773. The molecular weight excluding hydrogens is 302 g/mol. The van der Waals surface area contributed by atoms with Crippen LogP contribution in [0.15, 0.2) is 42.6 Å². The molecule has 2 heterocycles. The molecular formula is C19H21N3O2. The van der Waals surface area contributed by atoms with Crippen molar-refractivity contribution in [2.45, 2.75) is 32.7 Å². The first kappa shape index (κ1) is 16.2. The Morgan fingerprint density at radius 3 is 2.83 bits per heavy atom. The number of amides is 2. The van der Waals surface area contributed by atoms with E-state index < -0.39 is 0 Å². The molecule has 24 heavy (non-hydrogen) atoms. The molecule has 5 heteroatoms. The highest BCUT2D eigenvalue weighted by Crippen LogP contribution is 2.32. The smallest absolute Gasteiger partial charge is 0.227 e. The maximum Gasteiger partial charge on any atom is 0.227 e. The molecule has 1 N–H and O–H groups in total. The van der Waals surface area contributed by atoms with Crippen LogP contribution in [0.5, 0.6) is 0 Å². The van der Waals surface area contributed by atoms with Gasteiger partial charge in [-0.05, 0) is 42.2 Å². The zero-order chi connectivity index (χ0) is 17.1.